The van der Waals surface area contributed by atoms with Crippen LogP contribution in [0.5, 0.6) is 0 Å². The molecular formula is C24H31N5O4S. The SMILES string of the molecule is Cc1ccc(C)c(S(=O)(=O)N2CCN(C(=O)CCc3c(C)c4c(C)nn(C)c4[nH]c3=O)CC2)c1. The molecule has 0 atom stereocenters. The van der Waals surface area contributed by atoms with Gasteiger partial charge in [0.05, 0.1) is 10.6 Å². The Balaban J connectivity index is 1.42. The Bertz CT molecular complexity index is 1430. The Morgan fingerprint density at radius 1 is 1.09 bits per heavy atom. The first-order valence-corrected chi connectivity index (χ1v) is 12.8. The fourth-order valence-electron chi connectivity index (χ4n) is 4.75. The van der Waals surface area contributed by atoms with E-state index >= 15 is 0 Å². The van der Waals surface area contributed by atoms with Crippen molar-refractivity contribution in [2.75, 3.05) is 26.2 Å². The summed E-state index contributed by atoms with van der Waals surface area (Å²) in [6, 6.07) is 5.41. The second kappa shape index (κ2) is 8.99. The quantitative estimate of drug-likeness (QED) is 0.594. The lowest BCUT2D eigenvalue weighted by molar-refractivity contribution is -0.132. The summed E-state index contributed by atoms with van der Waals surface area (Å²) in [5, 5.41) is 5.29. The van der Waals surface area contributed by atoms with E-state index in [2.05, 4.69) is 10.1 Å². The standard InChI is InChI=1S/C24H31N5O4S/c1-15-6-7-16(2)20(14-15)34(32,33)29-12-10-28(11-13-29)21(30)9-8-19-17(3)22-18(4)26-27(5)23(22)25-24(19)31/h6-7,14H,8-13H2,1-5H3,(H,25,31). The average Bonchev–Trinajstić information content (AvgIpc) is 3.08. The maximum absolute atomic E-state index is 13.1. The number of H-pyrrole nitrogens is 1. The van der Waals surface area contributed by atoms with Gasteiger partial charge in [0.2, 0.25) is 15.9 Å². The second-order valence-corrected chi connectivity index (χ2v) is 11.0. The maximum atomic E-state index is 13.1. The van der Waals surface area contributed by atoms with Crippen molar-refractivity contribution in [3.8, 4) is 0 Å². The van der Waals surface area contributed by atoms with E-state index in [1.807, 2.05) is 32.9 Å². The van der Waals surface area contributed by atoms with E-state index in [1.54, 1.807) is 29.6 Å². The molecule has 1 saturated heterocycles. The zero-order chi connectivity index (χ0) is 24.8. The lowest BCUT2D eigenvalue weighted by Crippen LogP contribution is -2.50. The number of amides is 1. The van der Waals surface area contributed by atoms with E-state index in [0.717, 1.165) is 22.2 Å². The zero-order valence-corrected chi connectivity index (χ0v) is 21.1. The number of benzene rings is 1. The summed E-state index contributed by atoms with van der Waals surface area (Å²) < 4.78 is 29.4. The molecule has 1 amide bonds. The van der Waals surface area contributed by atoms with Crippen molar-refractivity contribution >= 4 is 27.0 Å². The van der Waals surface area contributed by atoms with Gasteiger partial charge < -0.3 is 9.88 Å². The number of nitrogens with one attached hydrogen (secondary N) is 1. The number of sulfonamides is 1. The van der Waals surface area contributed by atoms with Gasteiger partial charge in [-0.15, -0.1) is 0 Å². The van der Waals surface area contributed by atoms with E-state index in [1.165, 1.54) is 4.31 Å². The lowest BCUT2D eigenvalue weighted by atomic mass is 10.0. The number of nitrogens with zero attached hydrogens (tertiary/aromatic N) is 4. The monoisotopic (exact) mass is 485 g/mol. The van der Waals surface area contributed by atoms with Gasteiger partial charge in [-0.2, -0.15) is 9.40 Å². The number of aryl methyl sites for hydroxylation is 5. The molecule has 0 radical (unpaired) electrons. The summed E-state index contributed by atoms with van der Waals surface area (Å²) in [7, 11) is -1.83. The van der Waals surface area contributed by atoms with Crippen molar-refractivity contribution in [2.45, 2.75) is 45.4 Å². The van der Waals surface area contributed by atoms with Crippen LogP contribution >= 0.6 is 0 Å². The molecule has 9 nitrogen and oxygen atoms in total. The molecule has 1 aliphatic rings. The number of fused-ring (bicyclic) bond motifs is 1. The topological polar surface area (TPSA) is 108 Å². The van der Waals surface area contributed by atoms with Gasteiger partial charge in [0.15, 0.2) is 0 Å². The highest BCUT2D eigenvalue weighted by atomic mass is 32.2. The summed E-state index contributed by atoms with van der Waals surface area (Å²) in [6.07, 6.45) is 0.518. The van der Waals surface area contributed by atoms with Gasteiger partial charge in [0.1, 0.15) is 5.65 Å². The Morgan fingerprint density at radius 3 is 2.44 bits per heavy atom. The first-order valence-electron chi connectivity index (χ1n) is 11.4. The molecule has 0 unspecified atom stereocenters. The van der Waals surface area contributed by atoms with E-state index in [9.17, 15) is 18.0 Å². The van der Waals surface area contributed by atoms with Crippen molar-refractivity contribution in [2.24, 2.45) is 7.05 Å². The minimum Gasteiger partial charge on any atom is -0.340 e. The number of aromatic amines is 1. The molecule has 1 N–H and O–H groups in total. The number of carbonyl (C=O) groups is 1. The lowest BCUT2D eigenvalue weighted by Gasteiger charge is -2.34. The van der Waals surface area contributed by atoms with Crippen LogP contribution in [0, 0.1) is 27.7 Å². The fraction of sp³-hybridized carbons (Fsp3) is 0.458. The molecule has 10 heteroatoms. The van der Waals surface area contributed by atoms with E-state index in [4.69, 9.17) is 0 Å². The van der Waals surface area contributed by atoms with Gasteiger partial charge in [-0.05, 0) is 56.9 Å². The smallest absolute Gasteiger partial charge is 0.253 e. The molecule has 0 saturated carbocycles. The molecule has 0 spiro atoms. The molecule has 2 aromatic heterocycles. The predicted octanol–water partition coefficient (Wildman–Crippen LogP) is 1.96. The highest BCUT2D eigenvalue weighted by Crippen LogP contribution is 2.24. The van der Waals surface area contributed by atoms with Gasteiger partial charge in [-0.25, -0.2) is 8.42 Å². The van der Waals surface area contributed by atoms with Crippen LogP contribution in [0.25, 0.3) is 11.0 Å². The van der Waals surface area contributed by atoms with Crippen molar-refractivity contribution in [1.82, 2.24) is 24.0 Å². The van der Waals surface area contributed by atoms with Gasteiger partial charge in [0.25, 0.3) is 5.56 Å². The highest BCUT2D eigenvalue weighted by Gasteiger charge is 2.31. The number of carbonyl (C=O) groups excluding carboxylic acids is 1. The Kier molecular flexibility index (Phi) is 6.39. The molecule has 3 heterocycles. The van der Waals surface area contributed by atoms with Crippen LogP contribution in [0.3, 0.4) is 0 Å². The normalized spacial score (nSPS) is 15.3. The van der Waals surface area contributed by atoms with Gasteiger partial charge in [-0.1, -0.05) is 12.1 Å². The van der Waals surface area contributed by atoms with E-state index in [0.29, 0.717) is 41.2 Å². The summed E-state index contributed by atoms with van der Waals surface area (Å²) in [6.45, 7) is 8.62. The van der Waals surface area contributed by atoms with Crippen molar-refractivity contribution in [1.29, 1.82) is 0 Å². The van der Waals surface area contributed by atoms with Crippen molar-refractivity contribution in [3.05, 3.63) is 56.5 Å². The molecule has 1 fully saturated rings. The molecule has 1 aromatic carbocycles. The third-order valence-corrected chi connectivity index (χ3v) is 8.74. The molecule has 4 rings (SSSR count). The summed E-state index contributed by atoms with van der Waals surface area (Å²) in [4.78, 5) is 30.4. The van der Waals surface area contributed by atoms with Crippen LogP contribution in [0.1, 0.15) is 34.4 Å². The van der Waals surface area contributed by atoms with Gasteiger partial charge in [0, 0.05) is 50.6 Å². The summed E-state index contributed by atoms with van der Waals surface area (Å²) >= 11 is 0. The Labute approximate surface area is 199 Å². The second-order valence-electron chi connectivity index (χ2n) is 9.04. The third kappa shape index (κ3) is 4.27. The van der Waals surface area contributed by atoms with Gasteiger partial charge >= 0.3 is 0 Å². The molecule has 182 valence electrons. The van der Waals surface area contributed by atoms with Crippen LogP contribution in [0.15, 0.2) is 27.9 Å². The van der Waals surface area contributed by atoms with Crippen molar-refractivity contribution in [3.63, 3.8) is 0 Å². The summed E-state index contributed by atoms with van der Waals surface area (Å²) in [5.74, 6) is -0.0782. The molecule has 1 aliphatic heterocycles. The van der Waals surface area contributed by atoms with Crippen LogP contribution in [-0.4, -0.2) is 64.5 Å². The first-order chi connectivity index (χ1) is 16.0. The minimum atomic E-state index is -3.61. The van der Waals surface area contributed by atoms with Gasteiger partial charge in [-0.3, -0.25) is 14.3 Å². The van der Waals surface area contributed by atoms with Crippen LogP contribution in [0.4, 0.5) is 0 Å². The zero-order valence-electron chi connectivity index (χ0n) is 20.3. The minimum absolute atomic E-state index is 0.0782. The van der Waals surface area contributed by atoms with E-state index in [-0.39, 0.29) is 31.0 Å². The van der Waals surface area contributed by atoms with Crippen LogP contribution in [-0.2, 0) is 28.3 Å². The Morgan fingerprint density at radius 2 is 1.76 bits per heavy atom. The number of pyridine rings is 1. The number of aromatic nitrogens is 3. The van der Waals surface area contributed by atoms with Crippen molar-refractivity contribution < 1.29 is 13.2 Å². The summed E-state index contributed by atoms with van der Waals surface area (Å²) in [5.41, 5.74) is 4.35. The highest BCUT2D eigenvalue weighted by molar-refractivity contribution is 7.89. The largest absolute Gasteiger partial charge is 0.340 e. The number of rotatable bonds is 5. The molecule has 0 aliphatic carbocycles. The fourth-order valence-corrected chi connectivity index (χ4v) is 6.48. The number of piperazine rings is 1. The number of hydrogen-bond acceptors (Lipinski definition) is 5. The molecular weight excluding hydrogens is 454 g/mol. The third-order valence-electron chi connectivity index (χ3n) is 6.70. The average molecular weight is 486 g/mol. The maximum Gasteiger partial charge on any atom is 0.253 e. The predicted molar refractivity (Wildman–Crippen MR) is 130 cm³/mol. The number of hydrogen-bond donors (Lipinski definition) is 1. The molecule has 34 heavy (non-hydrogen) atoms. The Hall–Kier alpha value is -2.98. The van der Waals surface area contributed by atoms with Crippen LogP contribution in [0.2, 0.25) is 0 Å². The first kappa shape index (κ1) is 24.2. The molecule has 3 aromatic rings. The van der Waals surface area contributed by atoms with E-state index < -0.39 is 10.0 Å². The van der Waals surface area contributed by atoms with Crippen LogP contribution < -0.4 is 5.56 Å². The molecule has 0 bridgehead atoms.